The molecule has 0 saturated carbocycles. The van der Waals surface area contributed by atoms with Gasteiger partial charge >= 0.3 is 0 Å². The van der Waals surface area contributed by atoms with Crippen molar-refractivity contribution >= 4 is 21.6 Å². The molecule has 3 rings (SSSR count). The molecule has 1 amide bonds. The Morgan fingerprint density at radius 1 is 0.914 bits per heavy atom. The standard InChI is InChI=1S/C28H34N2O4S/c1-5-34-25-14-12-24(13-15-25)7-6-18-29-28(31)20-30(27-19-22(3)8-11-23(27)4)35(32,33)26-16-9-21(2)10-17-26/h8-17,19H,5-7,18,20H2,1-4H3,(H,29,31). The molecule has 0 radical (unpaired) electrons. The topological polar surface area (TPSA) is 75.7 Å². The van der Waals surface area contributed by atoms with E-state index in [1.165, 1.54) is 4.31 Å². The smallest absolute Gasteiger partial charge is 0.264 e. The van der Waals surface area contributed by atoms with Crippen LogP contribution in [0.4, 0.5) is 5.69 Å². The Morgan fingerprint density at radius 3 is 2.23 bits per heavy atom. The molecule has 0 spiro atoms. The van der Waals surface area contributed by atoms with Crippen LogP contribution in [0.1, 0.15) is 35.6 Å². The first-order valence-electron chi connectivity index (χ1n) is 11.9. The number of hydrogen-bond acceptors (Lipinski definition) is 4. The van der Waals surface area contributed by atoms with E-state index in [1.54, 1.807) is 30.3 Å². The molecule has 186 valence electrons. The largest absolute Gasteiger partial charge is 0.494 e. The molecule has 0 aliphatic heterocycles. The highest BCUT2D eigenvalue weighted by Crippen LogP contribution is 2.28. The number of rotatable bonds is 11. The molecule has 7 heteroatoms. The first-order chi connectivity index (χ1) is 16.7. The lowest BCUT2D eigenvalue weighted by atomic mass is 10.1. The molecule has 0 aromatic heterocycles. The molecule has 35 heavy (non-hydrogen) atoms. The van der Waals surface area contributed by atoms with E-state index in [1.807, 2.05) is 64.1 Å². The van der Waals surface area contributed by atoms with Gasteiger partial charge in [-0.15, -0.1) is 0 Å². The minimum atomic E-state index is -3.93. The fourth-order valence-corrected chi connectivity index (χ4v) is 5.23. The number of benzene rings is 3. The van der Waals surface area contributed by atoms with Gasteiger partial charge in [0.2, 0.25) is 5.91 Å². The first-order valence-corrected chi connectivity index (χ1v) is 13.3. The molecule has 0 bridgehead atoms. The third-order valence-corrected chi connectivity index (χ3v) is 7.50. The van der Waals surface area contributed by atoms with Crippen LogP contribution < -0.4 is 14.4 Å². The fourth-order valence-electron chi connectivity index (χ4n) is 3.75. The Kier molecular flexibility index (Phi) is 8.93. The number of sulfonamides is 1. The summed E-state index contributed by atoms with van der Waals surface area (Å²) in [4.78, 5) is 13.0. The first kappa shape index (κ1) is 26.3. The van der Waals surface area contributed by atoms with E-state index in [0.29, 0.717) is 18.8 Å². The lowest BCUT2D eigenvalue weighted by molar-refractivity contribution is -0.119. The molecule has 1 N–H and O–H groups in total. The number of hydrogen-bond donors (Lipinski definition) is 1. The molecule has 0 saturated heterocycles. The number of carbonyl (C=O) groups excluding carboxylic acids is 1. The van der Waals surface area contributed by atoms with Gasteiger partial charge in [0.25, 0.3) is 10.0 Å². The quantitative estimate of drug-likeness (QED) is 0.383. The molecular weight excluding hydrogens is 460 g/mol. The average Bonchev–Trinajstić information content (AvgIpc) is 2.83. The summed E-state index contributed by atoms with van der Waals surface area (Å²) >= 11 is 0. The highest BCUT2D eigenvalue weighted by molar-refractivity contribution is 7.92. The number of aryl methyl sites for hydroxylation is 4. The van der Waals surface area contributed by atoms with Gasteiger partial charge in [-0.3, -0.25) is 9.10 Å². The van der Waals surface area contributed by atoms with Crippen molar-refractivity contribution in [1.29, 1.82) is 0 Å². The molecule has 6 nitrogen and oxygen atoms in total. The number of nitrogens with one attached hydrogen (secondary N) is 1. The summed E-state index contributed by atoms with van der Waals surface area (Å²) in [6.07, 6.45) is 1.54. The van der Waals surface area contributed by atoms with Gasteiger partial charge in [0.1, 0.15) is 12.3 Å². The summed E-state index contributed by atoms with van der Waals surface area (Å²) in [5.74, 6) is 0.499. The van der Waals surface area contributed by atoms with E-state index in [-0.39, 0.29) is 17.3 Å². The number of carbonyl (C=O) groups is 1. The van der Waals surface area contributed by atoms with Crippen LogP contribution in [0.2, 0.25) is 0 Å². The van der Waals surface area contributed by atoms with Crippen molar-refractivity contribution in [2.24, 2.45) is 0 Å². The second-order valence-corrected chi connectivity index (χ2v) is 10.5. The number of ether oxygens (including phenoxy) is 1. The highest BCUT2D eigenvalue weighted by Gasteiger charge is 2.28. The van der Waals surface area contributed by atoms with E-state index in [9.17, 15) is 13.2 Å². The Balaban J connectivity index is 1.69. The second-order valence-electron chi connectivity index (χ2n) is 8.65. The lowest BCUT2D eigenvalue weighted by Crippen LogP contribution is -2.41. The van der Waals surface area contributed by atoms with E-state index in [0.717, 1.165) is 40.8 Å². The molecule has 0 heterocycles. The molecule has 3 aromatic carbocycles. The van der Waals surface area contributed by atoms with Crippen LogP contribution in [0.25, 0.3) is 0 Å². The van der Waals surface area contributed by atoms with Gasteiger partial charge in [0.05, 0.1) is 17.2 Å². The van der Waals surface area contributed by atoms with E-state index in [4.69, 9.17) is 4.74 Å². The molecule has 0 unspecified atom stereocenters. The number of anilines is 1. The summed E-state index contributed by atoms with van der Waals surface area (Å²) < 4.78 is 33.8. The zero-order chi connectivity index (χ0) is 25.4. The van der Waals surface area contributed by atoms with Gasteiger partial charge < -0.3 is 10.1 Å². The average molecular weight is 495 g/mol. The molecule has 0 aliphatic carbocycles. The van der Waals surface area contributed by atoms with Crippen molar-refractivity contribution in [1.82, 2.24) is 5.32 Å². The molecule has 3 aromatic rings. The maximum Gasteiger partial charge on any atom is 0.264 e. The summed E-state index contributed by atoms with van der Waals surface area (Å²) in [6.45, 7) is 8.40. The van der Waals surface area contributed by atoms with Gasteiger partial charge in [0.15, 0.2) is 0 Å². The monoisotopic (exact) mass is 494 g/mol. The molecule has 0 atom stereocenters. The van der Waals surface area contributed by atoms with Crippen LogP contribution in [0.15, 0.2) is 71.6 Å². The Bertz CT molecular complexity index is 1240. The van der Waals surface area contributed by atoms with Crippen molar-refractivity contribution in [3.63, 3.8) is 0 Å². The Labute approximate surface area is 209 Å². The maximum absolute atomic E-state index is 13.6. The van der Waals surface area contributed by atoms with E-state index < -0.39 is 10.0 Å². The summed E-state index contributed by atoms with van der Waals surface area (Å²) in [7, 11) is -3.93. The highest BCUT2D eigenvalue weighted by atomic mass is 32.2. The van der Waals surface area contributed by atoms with Gasteiger partial charge in [-0.05, 0) is 87.6 Å². The Hall–Kier alpha value is -3.32. The molecule has 0 aliphatic rings. The predicted molar refractivity (Wildman–Crippen MR) is 141 cm³/mol. The van der Waals surface area contributed by atoms with E-state index in [2.05, 4.69) is 5.32 Å². The fraction of sp³-hybridized carbons (Fsp3) is 0.321. The number of nitrogens with zero attached hydrogens (tertiary/aromatic N) is 1. The van der Waals surface area contributed by atoms with Crippen LogP contribution in [0, 0.1) is 20.8 Å². The summed E-state index contributed by atoms with van der Waals surface area (Å²) in [5.41, 5.74) is 4.34. The molecular formula is C28H34N2O4S. The SMILES string of the molecule is CCOc1ccc(CCCNC(=O)CN(c2cc(C)ccc2C)S(=O)(=O)c2ccc(C)cc2)cc1. The van der Waals surface area contributed by atoms with Gasteiger partial charge in [-0.25, -0.2) is 8.42 Å². The minimum Gasteiger partial charge on any atom is -0.494 e. The lowest BCUT2D eigenvalue weighted by Gasteiger charge is -2.26. The van der Waals surface area contributed by atoms with Crippen molar-refractivity contribution < 1.29 is 17.9 Å². The third kappa shape index (κ3) is 7.09. The predicted octanol–water partition coefficient (Wildman–Crippen LogP) is 4.95. The maximum atomic E-state index is 13.6. The van der Waals surface area contributed by atoms with Crippen LogP contribution in [0.3, 0.4) is 0 Å². The van der Waals surface area contributed by atoms with Gasteiger partial charge in [0, 0.05) is 6.54 Å². The van der Waals surface area contributed by atoms with Gasteiger partial charge in [-0.1, -0.05) is 42.0 Å². The van der Waals surface area contributed by atoms with E-state index >= 15 is 0 Å². The van der Waals surface area contributed by atoms with Crippen molar-refractivity contribution in [3.05, 3.63) is 89.0 Å². The third-order valence-electron chi connectivity index (χ3n) is 5.73. The van der Waals surface area contributed by atoms with Gasteiger partial charge in [-0.2, -0.15) is 0 Å². The summed E-state index contributed by atoms with van der Waals surface area (Å²) in [6, 6.07) is 20.2. The normalized spacial score (nSPS) is 11.2. The van der Waals surface area contributed by atoms with Crippen LogP contribution >= 0.6 is 0 Å². The zero-order valence-electron chi connectivity index (χ0n) is 20.9. The Morgan fingerprint density at radius 2 is 1.57 bits per heavy atom. The second kappa shape index (κ2) is 11.9. The van der Waals surface area contributed by atoms with Crippen molar-refractivity contribution in [2.45, 2.75) is 45.4 Å². The van der Waals surface area contributed by atoms with Crippen LogP contribution in [0.5, 0.6) is 5.75 Å². The van der Waals surface area contributed by atoms with Crippen molar-refractivity contribution in [2.75, 3.05) is 24.0 Å². The van der Waals surface area contributed by atoms with Crippen LogP contribution in [-0.4, -0.2) is 34.0 Å². The van der Waals surface area contributed by atoms with Crippen LogP contribution in [-0.2, 0) is 21.2 Å². The zero-order valence-corrected chi connectivity index (χ0v) is 21.7. The van der Waals surface area contributed by atoms with Crippen molar-refractivity contribution in [3.8, 4) is 5.75 Å². The molecule has 0 fully saturated rings. The summed E-state index contributed by atoms with van der Waals surface area (Å²) in [5, 5.41) is 2.88. The number of amides is 1. The minimum absolute atomic E-state index is 0.160.